The van der Waals surface area contributed by atoms with Gasteiger partial charge in [-0.3, -0.25) is 4.79 Å². The Bertz CT molecular complexity index is 626. The molecule has 112 valence electrons. The van der Waals surface area contributed by atoms with Gasteiger partial charge >= 0.3 is 0 Å². The molecule has 5 nitrogen and oxygen atoms in total. The Morgan fingerprint density at radius 2 is 1.71 bits per heavy atom. The third-order valence-corrected chi connectivity index (χ3v) is 4.65. The molecule has 0 saturated heterocycles. The van der Waals surface area contributed by atoms with Crippen molar-refractivity contribution in [2.75, 3.05) is 27.6 Å². The minimum atomic E-state index is -0.0730. The number of thioether (sulfide) groups is 2. The average Bonchev–Trinajstić information content (AvgIpc) is 2.87. The predicted molar refractivity (Wildman–Crippen MR) is 87.6 cm³/mol. The van der Waals surface area contributed by atoms with Crippen molar-refractivity contribution in [2.45, 2.75) is 0 Å². The minimum Gasteiger partial charge on any atom is -0.496 e. The molecule has 0 saturated carbocycles. The van der Waals surface area contributed by atoms with E-state index < -0.39 is 0 Å². The molecule has 0 bridgehead atoms. The van der Waals surface area contributed by atoms with Gasteiger partial charge in [-0.05, 0) is 30.2 Å². The van der Waals surface area contributed by atoms with E-state index in [0.717, 1.165) is 16.1 Å². The smallest absolute Gasteiger partial charge is 0.244 e. The summed E-state index contributed by atoms with van der Waals surface area (Å²) in [5.41, 5.74) is 1.11. The third-order valence-electron chi connectivity index (χ3n) is 2.80. The molecule has 0 amide bonds. The minimum absolute atomic E-state index is 0.0730. The normalized spacial score (nSPS) is 16.1. The zero-order valence-electron chi connectivity index (χ0n) is 12.1. The number of carbonyl (C=O) groups excluding carboxylic acids is 1. The van der Waals surface area contributed by atoms with Gasteiger partial charge in [0.1, 0.15) is 15.8 Å². The van der Waals surface area contributed by atoms with E-state index in [2.05, 4.69) is 4.99 Å². The van der Waals surface area contributed by atoms with Crippen LogP contribution in [0.15, 0.2) is 22.8 Å². The van der Waals surface area contributed by atoms with Crippen molar-refractivity contribution >= 4 is 39.1 Å². The topological polar surface area (TPSA) is 57.1 Å². The standard InChI is InChI=1S/C14H15NO4S2/c1-17-10-7-12(19-3)11(18-2)6-8(10)5-9-13(16)21-14(15-9)20-4/h5-7H,1-4H3/b9-5-. The molecule has 1 aliphatic heterocycles. The van der Waals surface area contributed by atoms with E-state index in [1.807, 2.05) is 6.26 Å². The number of carbonyl (C=O) groups is 1. The van der Waals surface area contributed by atoms with Crippen LogP contribution in [0.5, 0.6) is 17.2 Å². The van der Waals surface area contributed by atoms with Crippen molar-refractivity contribution in [3.8, 4) is 17.2 Å². The maximum absolute atomic E-state index is 11.9. The molecule has 7 heteroatoms. The Balaban J connectivity index is 2.48. The molecule has 1 aromatic rings. The van der Waals surface area contributed by atoms with Gasteiger partial charge in [0.25, 0.3) is 0 Å². The lowest BCUT2D eigenvalue weighted by molar-refractivity contribution is -0.107. The van der Waals surface area contributed by atoms with Crippen LogP contribution in [-0.4, -0.2) is 37.1 Å². The highest BCUT2D eigenvalue weighted by Crippen LogP contribution is 2.37. The van der Waals surface area contributed by atoms with Gasteiger partial charge < -0.3 is 14.2 Å². The van der Waals surface area contributed by atoms with Crippen LogP contribution in [0.1, 0.15) is 5.56 Å². The monoisotopic (exact) mass is 325 g/mol. The first kappa shape index (κ1) is 15.8. The van der Waals surface area contributed by atoms with Gasteiger partial charge in [0.2, 0.25) is 5.12 Å². The molecule has 1 aliphatic rings. The summed E-state index contributed by atoms with van der Waals surface area (Å²) in [4.78, 5) is 16.2. The number of hydrogen-bond acceptors (Lipinski definition) is 7. The van der Waals surface area contributed by atoms with Crippen molar-refractivity contribution in [1.82, 2.24) is 0 Å². The van der Waals surface area contributed by atoms with Crippen LogP contribution in [-0.2, 0) is 4.79 Å². The fourth-order valence-corrected chi connectivity index (χ4v) is 3.05. The van der Waals surface area contributed by atoms with E-state index in [0.29, 0.717) is 28.5 Å². The van der Waals surface area contributed by atoms with Gasteiger partial charge in [-0.1, -0.05) is 0 Å². The zero-order valence-corrected chi connectivity index (χ0v) is 13.8. The number of methoxy groups -OCH3 is 3. The molecule has 0 N–H and O–H groups in total. The molecule has 0 aliphatic carbocycles. The average molecular weight is 325 g/mol. The van der Waals surface area contributed by atoms with Crippen LogP contribution in [0.25, 0.3) is 6.08 Å². The molecule has 1 heterocycles. The van der Waals surface area contributed by atoms with Gasteiger partial charge in [-0.25, -0.2) is 4.99 Å². The van der Waals surface area contributed by atoms with Crippen molar-refractivity contribution in [3.05, 3.63) is 23.4 Å². The number of ether oxygens (including phenoxy) is 3. The van der Waals surface area contributed by atoms with Crippen LogP contribution in [0.4, 0.5) is 0 Å². The summed E-state index contributed by atoms with van der Waals surface area (Å²) in [5, 5.41) is -0.0730. The Morgan fingerprint density at radius 3 is 2.24 bits per heavy atom. The summed E-state index contributed by atoms with van der Waals surface area (Å²) < 4.78 is 16.6. The number of hydrogen-bond donors (Lipinski definition) is 0. The molecule has 0 spiro atoms. The second kappa shape index (κ2) is 6.91. The number of nitrogens with zero attached hydrogens (tertiary/aromatic N) is 1. The highest BCUT2D eigenvalue weighted by molar-refractivity contribution is 8.45. The molecule has 0 unspecified atom stereocenters. The fraction of sp³-hybridized carbons (Fsp3) is 0.286. The van der Waals surface area contributed by atoms with Crippen LogP contribution in [0.3, 0.4) is 0 Å². The van der Waals surface area contributed by atoms with E-state index in [-0.39, 0.29) is 5.12 Å². The molecular weight excluding hydrogens is 310 g/mol. The van der Waals surface area contributed by atoms with Crippen LogP contribution < -0.4 is 14.2 Å². The van der Waals surface area contributed by atoms with Crippen molar-refractivity contribution in [1.29, 1.82) is 0 Å². The van der Waals surface area contributed by atoms with Gasteiger partial charge in [0, 0.05) is 11.6 Å². The van der Waals surface area contributed by atoms with Gasteiger partial charge in [0.15, 0.2) is 11.5 Å². The first-order valence-corrected chi connectivity index (χ1v) is 8.03. The SMILES string of the molecule is COc1cc(OC)c(OC)cc1/C=C1\N=C(SC)SC1=O. The summed E-state index contributed by atoms with van der Waals surface area (Å²) in [6, 6.07) is 3.48. The molecule has 0 atom stereocenters. The van der Waals surface area contributed by atoms with E-state index in [1.54, 1.807) is 39.5 Å². The molecule has 0 aromatic heterocycles. The highest BCUT2D eigenvalue weighted by Gasteiger charge is 2.22. The second-order valence-electron chi connectivity index (χ2n) is 3.95. The molecule has 0 radical (unpaired) electrons. The first-order valence-electron chi connectivity index (χ1n) is 5.99. The van der Waals surface area contributed by atoms with E-state index in [4.69, 9.17) is 14.2 Å². The van der Waals surface area contributed by atoms with Gasteiger partial charge in [0.05, 0.1) is 21.3 Å². The molecular formula is C14H15NO4S2. The predicted octanol–water partition coefficient (Wildman–Crippen LogP) is 3.05. The second-order valence-corrected chi connectivity index (χ2v) is 5.97. The lowest BCUT2D eigenvalue weighted by Crippen LogP contribution is -1.95. The quantitative estimate of drug-likeness (QED) is 0.793. The van der Waals surface area contributed by atoms with Crippen LogP contribution >= 0.6 is 23.5 Å². The zero-order chi connectivity index (χ0) is 15.4. The van der Waals surface area contributed by atoms with Crippen molar-refractivity contribution in [2.24, 2.45) is 4.99 Å². The number of aliphatic imine (C=N–C) groups is 1. The number of benzene rings is 1. The Labute approximate surface area is 131 Å². The summed E-state index contributed by atoms with van der Waals surface area (Å²) in [6.45, 7) is 0. The highest BCUT2D eigenvalue weighted by atomic mass is 32.2. The summed E-state index contributed by atoms with van der Waals surface area (Å²) in [5.74, 6) is 1.72. The summed E-state index contributed by atoms with van der Waals surface area (Å²) >= 11 is 2.58. The summed E-state index contributed by atoms with van der Waals surface area (Å²) in [6.07, 6.45) is 3.58. The van der Waals surface area contributed by atoms with Gasteiger partial charge in [-0.2, -0.15) is 0 Å². The Morgan fingerprint density at radius 1 is 1.10 bits per heavy atom. The molecule has 1 aromatic carbocycles. The van der Waals surface area contributed by atoms with Crippen molar-refractivity contribution in [3.63, 3.8) is 0 Å². The first-order chi connectivity index (χ1) is 10.1. The van der Waals surface area contributed by atoms with E-state index in [9.17, 15) is 4.79 Å². The maximum Gasteiger partial charge on any atom is 0.244 e. The Kier molecular flexibility index (Phi) is 5.19. The van der Waals surface area contributed by atoms with Crippen molar-refractivity contribution < 1.29 is 19.0 Å². The van der Waals surface area contributed by atoms with E-state index >= 15 is 0 Å². The van der Waals surface area contributed by atoms with Crippen LogP contribution in [0, 0.1) is 0 Å². The van der Waals surface area contributed by atoms with Crippen LogP contribution in [0.2, 0.25) is 0 Å². The lowest BCUT2D eigenvalue weighted by Gasteiger charge is -2.12. The maximum atomic E-state index is 11.9. The fourth-order valence-electron chi connectivity index (χ4n) is 1.79. The largest absolute Gasteiger partial charge is 0.496 e. The summed E-state index contributed by atoms with van der Waals surface area (Å²) in [7, 11) is 4.68. The Hall–Kier alpha value is -1.60. The molecule has 21 heavy (non-hydrogen) atoms. The number of rotatable bonds is 4. The molecule has 0 fully saturated rings. The molecule has 2 rings (SSSR count). The van der Waals surface area contributed by atoms with Gasteiger partial charge in [-0.15, -0.1) is 11.8 Å². The third kappa shape index (κ3) is 3.36. The lowest BCUT2D eigenvalue weighted by atomic mass is 10.1. The van der Waals surface area contributed by atoms with E-state index in [1.165, 1.54) is 11.8 Å².